The Balaban J connectivity index is 1.89. The number of oxazole rings is 1. The summed E-state index contributed by atoms with van der Waals surface area (Å²) in [4.78, 5) is 36.8. The van der Waals surface area contributed by atoms with Crippen molar-refractivity contribution in [3.05, 3.63) is 38.9 Å². The molecule has 2 heterocycles. The van der Waals surface area contributed by atoms with Gasteiger partial charge in [0.15, 0.2) is 5.58 Å². The van der Waals surface area contributed by atoms with Crippen LogP contribution in [0.5, 0.6) is 0 Å². The van der Waals surface area contributed by atoms with Crippen LogP contribution in [-0.2, 0) is 11.3 Å². The Hall–Kier alpha value is -2.64. The summed E-state index contributed by atoms with van der Waals surface area (Å²) in [6, 6.07) is 4.15. The predicted molar refractivity (Wildman–Crippen MR) is 86.8 cm³/mol. The Labute approximate surface area is 137 Å². The number of amides is 1. The van der Waals surface area contributed by atoms with E-state index < -0.39 is 10.7 Å². The Morgan fingerprint density at radius 1 is 1.42 bits per heavy atom. The minimum absolute atomic E-state index is 0.111. The fourth-order valence-corrected chi connectivity index (χ4v) is 3.30. The van der Waals surface area contributed by atoms with Crippen LogP contribution in [0.15, 0.2) is 27.4 Å². The van der Waals surface area contributed by atoms with E-state index in [0.29, 0.717) is 12.1 Å². The molecule has 1 atom stereocenters. The van der Waals surface area contributed by atoms with Gasteiger partial charge >= 0.3 is 5.76 Å². The molecule has 1 amide bonds. The number of nitro groups is 1. The molecular formula is C16H19N3O5. The summed E-state index contributed by atoms with van der Waals surface area (Å²) in [6.45, 7) is 2.64. The highest BCUT2D eigenvalue weighted by atomic mass is 16.6. The average Bonchev–Trinajstić information content (AvgIpc) is 2.89. The van der Waals surface area contributed by atoms with Crippen molar-refractivity contribution in [3.8, 4) is 0 Å². The number of hydrogen-bond acceptors (Lipinski definition) is 5. The smallest absolute Gasteiger partial charge is 0.407 e. The molecule has 0 N–H and O–H groups in total. The molecule has 8 heteroatoms. The Kier molecular flexibility index (Phi) is 4.37. The third-order valence-electron chi connectivity index (χ3n) is 4.57. The molecule has 1 unspecified atom stereocenters. The van der Waals surface area contributed by atoms with Gasteiger partial charge < -0.3 is 9.32 Å². The second kappa shape index (κ2) is 6.46. The van der Waals surface area contributed by atoms with Crippen LogP contribution in [0.1, 0.15) is 32.6 Å². The molecular weight excluding hydrogens is 314 g/mol. The minimum Gasteiger partial charge on any atom is -0.407 e. The molecule has 1 aromatic heterocycles. The highest BCUT2D eigenvalue weighted by molar-refractivity contribution is 5.81. The highest BCUT2D eigenvalue weighted by Crippen LogP contribution is 2.22. The quantitative estimate of drug-likeness (QED) is 0.631. The first-order valence-electron chi connectivity index (χ1n) is 8.08. The number of piperidine rings is 1. The van der Waals surface area contributed by atoms with Crippen LogP contribution >= 0.6 is 0 Å². The molecule has 0 bridgehead atoms. The lowest BCUT2D eigenvalue weighted by atomic mass is 10.00. The van der Waals surface area contributed by atoms with Crippen LogP contribution in [0.3, 0.4) is 0 Å². The number of carbonyl (C=O) groups is 1. The number of rotatable bonds is 4. The molecule has 1 fully saturated rings. The molecule has 128 valence electrons. The molecule has 24 heavy (non-hydrogen) atoms. The number of hydrogen-bond donors (Lipinski definition) is 0. The van der Waals surface area contributed by atoms with Crippen molar-refractivity contribution in [2.45, 2.75) is 45.2 Å². The number of fused-ring (bicyclic) bond motifs is 1. The molecule has 8 nitrogen and oxygen atoms in total. The number of benzene rings is 1. The van der Waals surface area contributed by atoms with E-state index in [0.717, 1.165) is 25.7 Å². The summed E-state index contributed by atoms with van der Waals surface area (Å²) in [5.41, 5.74) is 0.355. The first-order chi connectivity index (χ1) is 11.5. The standard InChI is InChI=1S/C16H19N3O5/c1-2-11-5-3-4-8-17(11)15(20)10-18-13-7-6-12(19(22)23)9-14(13)24-16(18)21/h6-7,9,11H,2-5,8,10H2,1H3. The molecule has 2 aromatic rings. The third-order valence-corrected chi connectivity index (χ3v) is 4.57. The maximum atomic E-state index is 12.6. The molecule has 0 saturated carbocycles. The zero-order chi connectivity index (χ0) is 17.3. The summed E-state index contributed by atoms with van der Waals surface area (Å²) in [5, 5.41) is 10.8. The van der Waals surface area contributed by atoms with Crippen LogP contribution in [0.4, 0.5) is 5.69 Å². The van der Waals surface area contributed by atoms with Crippen LogP contribution in [0.2, 0.25) is 0 Å². The molecule has 0 aliphatic carbocycles. The van der Waals surface area contributed by atoms with Gasteiger partial charge in [-0.25, -0.2) is 4.79 Å². The van der Waals surface area contributed by atoms with Crippen LogP contribution in [-0.4, -0.2) is 32.9 Å². The molecule has 0 spiro atoms. The fourth-order valence-electron chi connectivity index (χ4n) is 3.30. The summed E-state index contributed by atoms with van der Waals surface area (Å²) >= 11 is 0. The average molecular weight is 333 g/mol. The van der Waals surface area contributed by atoms with E-state index in [1.54, 1.807) is 0 Å². The molecule has 0 radical (unpaired) electrons. The van der Waals surface area contributed by atoms with Gasteiger partial charge in [-0.1, -0.05) is 6.92 Å². The summed E-state index contributed by atoms with van der Waals surface area (Å²) < 4.78 is 6.30. The second-order valence-electron chi connectivity index (χ2n) is 6.01. The summed E-state index contributed by atoms with van der Waals surface area (Å²) in [7, 11) is 0. The number of nitro benzene ring substituents is 1. The van der Waals surface area contributed by atoms with Gasteiger partial charge in [-0.15, -0.1) is 0 Å². The van der Waals surface area contributed by atoms with E-state index in [2.05, 4.69) is 6.92 Å². The van der Waals surface area contributed by atoms with Crippen molar-refractivity contribution in [1.82, 2.24) is 9.47 Å². The molecule has 1 aromatic carbocycles. The third kappa shape index (κ3) is 2.91. The topological polar surface area (TPSA) is 98.6 Å². The van der Waals surface area contributed by atoms with Gasteiger partial charge in [0, 0.05) is 18.7 Å². The van der Waals surface area contributed by atoms with Crippen molar-refractivity contribution < 1.29 is 14.1 Å². The SMILES string of the molecule is CCC1CCCCN1C(=O)Cn1c(=O)oc2cc([N+](=O)[O-])ccc21. The van der Waals surface area contributed by atoms with Crippen molar-refractivity contribution in [2.24, 2.45) is 0 Å². The van der Waals surface area contributed by atoms with Gasteiger partial charge in [0.25, 0.3) is 5.69 Å². The van der Waals surface area contributed by atoms with Crippen molar-refractivity contribution in [3.63, 3.8) is 0 Å². The van der Waals surface area contributed by atoms with Crippen molar-refractivity contribution in [1.29, 1.82) is 0 Å². The lowest BCUT2D eigenvalue weighted by molar-refractivity contribution is -0.384. The van der Waals surface area contributed by atoms with Gasteiger partial charge in [0.05, 0.1) is 16.5 Å². The maximum absolute atomic E-state index is 12.6. The van der Waals surface area contributed by atoms with Crippen molar-refractivity contribution in [2.75, 3.05) is 6.54 Å². The first-order valence-corrected chi connectivity index (χ1v) is 8.08. The summed E-state index contributed by atoms with van der Waals surface area (Å²) in [6.07, 6.45) is 3.95. The van der Waals surface area contributed by atoms with Gasteiger partial charge in [0.1, 0.15) is 6.54 Å². The normalized spacial score (nSPS) is 18.0. The zero-order valence-electron chi connectivity index (χ0n) is 13.4. The van der Waals surface area contributed by atoms with Crippen molar-refractivity contribution >= 4 is 22.7 Å². The minimum atomic E-state index is -0.677. The maximum Gasteiger partial charge on any atom is 0.420 e. The number of non-ortho nitro benzene ring substituents is 1. The van der Waals surface area contributed by atoms with E-state index in [1.807, 2.05) is 4.90 Å². The molecule has 1 saturated heterocycles. The fraction of sp³-hybridized carbons (Fsp3) is 0.500. The number of nitrogens with zero attached hydrogens (tertiary/aromatic N) is 3. The second-order valence-corrected chi connectivity index (χ2v) is 6.01. The predicted octanol–water partition coefficient (Wildman–Crippen LogP) is 2.29. The van der Waals surface area contributed by atoms with E-state index in [4.69, 9.17) is 4.42 Å². The number of carbonyl (C=O) groups excluding carboxylic acids is 1. The van der Waals surface area contributed by atoms with E-state index in [1.165, 1.54) is 22.8 Å². The van der Waals surface area contributed by atoms with Gasteiger partial charge in [-0.3, -0.25) is 19.5 Å². The van der Waals surface area contributed by atoms with E-state index >= 15 is 0 Å². The molecule has 3 rings (SSSR count). The zero-order valence-corrected chi connectivity index (χ0v) is 13.4. The molecule has 1 aliphatic heterocycles. The van der Waals surface area contributed by atoms with E-state index in [9.17, 15) is 19.7 Å². The molecule has 1 aliphatic rings. The lowest BCUT2D eigenvalue weighted by Crippen LogP contribution is -2.45. The van der Waals surface area contributed by atoms with Crippen LogP contribution in [0, 0.1) is 10.1 Å². The first kappa shape index (κ1) is 16.2. The van der Waals surface area contributed by atoms with Gasteiger partial charge in [0.2, 0.25) is 5.91 Å². The monoisotopic (exact) mass is 333 g/mol. The largest absolute Gasteiger partial charge is 0.420 e. The van der Waals surface area contributed by atoms with Gasteiger partial charge in [-0.2, -0.15) is 0 Å². The van der Waals surface area contributed by atoms with Crippen LogP contribution < -0.4 is 5.76 Å². The number of likely N-dealkylation sites (tertiary alicyclic amines) is 1. The Morgan fingerprint density at radius 2 is 2.21 bits per heavy atom. The Morgan fingerprint density at radius 3 is 2.92 bits per heavy atom. The highest BCUT2D eigenvalue weighted by Gasteiger charge is 2.26. The van der Waals surface area contributed by atoms with Gasteiger partial charge in [-0.05, 0) is 31.7 Å². The summed E-state index contributed by atoms with van der Waals surface area (Å²) in [5.74, 6) is -0.798. The van der Waals surface area contributed by atoms with E-state index in [-0.39, 0.29) is 29.8 Å². The Bertz CT molecular complexity index is 838. The van der Waals surface area contributed by atoms with Crippen LogP contribution in [0.25, 0.3) is 11.1 Å². The number of aromatic nitrogens is 1. The lowest BCUT2D eigenvalue weighted by Gasteiger charge is -2.35.